The number of anilines is 1. The molecule has 2 heterocycles. The second kappa shape index (κ2) is 8.85. The Kier molecular flexibility index (Phi) is 6.28. The molecule has 1 N–H and O–H groups in total. The van der Waals surface area contributed by atoms with Crippen molar-refractivity contribution in [3.8, 4) is 0 Å². The largest absolute Gasteiger partial charge is 0.375 e. The summed E-state index contributed by atoms with van der Waals surface area (Å²) in [6.07, 6.45) is 1.60. The molecule has 1 aliphatic heterocycles. The van der Waals surface area contributed by atoms with E-state index in [1.807, 2.05) is 26.2 Å². The van der Waals surface area contributed by atoms with Crippen LogP contribution >= 0.6 is 0 Å². The molecule has 8 heteroatoms. The molecule has 2 aromatic rings. The van der Waals surface area contributed by atoms with Crippen LogP contribution in [0.5, 0.6) is 0 Å². The zero-order valence-corrected chi connectivity index (χ0v) is 16.2. The minimum atomic E-state index is -0.212. The summed E-state index contributed by atoms with van der Waals surface area (Å²) < 4.78 is 19.0. The van der Waals surface area contributed by atoms with Crippen LogP contribution in [-0.2, 0) is 13.1 Å². The van der Waals surface area contributed by atoms with Crippen molar-refractivity contribution < 1.29 is 8.91 Å². The van der Waals surface area contributed by atoms with Crippen LogP contribution in [0, 0.1) is 5.82 Å². The van der Waals surface area contributed by atoms with Crippen molar-refractivity contribution in [3.05, 3.63) is 47.6 Å². The standard InChI is InChI=1S/C19H27FN6O/c1-21-19(22-13-15-4-5-18(24(2)3)17(20)12-15)26-9-7-25(8-10-26)14-16-6-11-27-23-16/h4-6,11-12H,7-10,13-14H2,1-3H3,(H,21,22). The third-order valence-electron chi connectivity index (χ3n) is 4.71. The first-order chi connectivity index (χ1) is 13.1. The van der Waals surface area contributed by atoms with Crippen molar-refractivity contribution in [1.29, 1.82) is 0 Å². The van der Waals surface area contributed by atoms with Gasteiger partial charge in [-0.25, -0.2) is 4.39 Å². The summed E-state index contributed by atoms with van der Waals surface area (Å²) >= 11 is 0. The molecule has 1 fully saturated rings. The summed E-state index contributed by atoms with van der Waals surface area (Å²) in [6, 6.07) is 7.21. The lowest BCUT2D eigenvalue weighted by atomic mass is 10.2. The number of piperazine rings is 1. The van der Waals surface area contributed by atoms with Crippen molar-refractivity contribution in [2.75, 3.05) is 52.2 Å². The fourth-order valence-electron chi connectivity index (χ4n) is 3.20. The maximum atomic E-state index is 14.1. The second-order valence-corrected chi connectivity index (χ2v) is 6.83. The number of guanidine groups is 1. The van der Waals surface area contributed by atoms with Gasteiger partial charge in [0.05, 0.1) is 11.4 Å². The van der Waals surface area contributed by atoms with Crippen LogP contribution < -0.4 is 10.2 Å². The van der Waals surface area contributed by atoms with Gasteiger partial charge in [0.15, 0.2) is 5.96 Å². The van der Waals surface area contributed by atoms with E-state index in [0.717, 1.165) is 49.9 Å². The van der Waals surface area contributed by atoms with Gasteiger partial charge in [0, 0.05) is 66.5 Å². The number of aromatic nitrogens is 1. The maximum Gasteiger partial charge on any atom is 0.194 e. The van der Waals surface area contributed by atoms with Crippen molar-refractivity contribution in [2.24, 2.45) is 4.99 Å². The predicted octanol–water partition coefficient (Wildman–Crippen LogP) is 1.77. The first-order valence-corrected chi connectivity index (χ1v) is 9.10. The normalized spacial score (nSPS) is 15.9. The summed E-state index contributed by atoms with van der Waals surface area (Å²) in [6.45, 7) is 4.96. The number of benzene rings is 1. The average molecular weight is 374 g/mol. The Bertz CT molecular complexity index is 754. The quantitative estimate of drug-likeness (QED) is 0.636. The van der Waals surface area contributed by atoms with E-state index in [1.54, 1.807) is 30.3 Å². The van der Waals surface area contributed by atoms with Gasteiger partial charge >= 0.3 is 0 Å². The number of halogens is 1. The molecule has 3 rings (SSSR count). The van der Waals surface area contributed by atoms with Crippen LogP contribution in [0.4, 0.5) is 10.1 Å². The van der Waals surface area contributed by atoms with Gasteiger partial charge in [-0.1, -0.05) is 11.2 Å². The molecule has 146 valence electrons. The lowest BCUT2D eigenvalue weighted by Crippen LogP contribution is -2.52. The summed E-state index contributed by atoms with van der Waals surface area (Å²) in [5.74, 6) is 0.629. The summed E-state index contributed by atoms with van der Waals surface area (Å²) in [4.78, 5) is 10.7. The average Bonchev–Trinajstić information content (AvgIpc) is 3.16. The molecule has 1 aromatic carbocycles. The summed E-state index contributed by atoms with van der Waals surface area (Å²) in [5, 5.41) is 7.31. The Hall–Kier alpha value is -2.61. The molecular weight excluding hydrogens is 347 g/mol. The molecule has 1 aromatic heterocycles. The van der Waals surface area contributed by atoms with Gasteiger partial charge in [-0.05, 0) is 17.7 Å². The number of aliphatic imine (C=N–C) groups is 1. The Labute approximate surface area is 159 Å². The Morgan fingerprint density at radius 3 is 2.63 bits per heavy atom. The highest BCUT2D eigenvalue weighted by Crippen LogP contribution is 2.18. The number of hydrogen-bond donors (Lipinski definition) is 1. The van der Waals surface area contributed by atoms with Crippen LogP contribution in [0.3, 0.4) is 0 Å². The van der Waals surface area contributed by atoms with E-state index in [2.05, 4.69) is 25.3 Å². The Morgan fingerprint density at radius 1 is 1.26 bits per heavy atom. The third kappa shape index (κ3) is 4.97. The molecule has 0 amide bonds. The highest BCUT2D eigenvalue weighted by Gasteiger charge is 2.20. The first-order valence-electron chi connectivity index (χ1n) is 9.10. The van der Waals surface area contributed by atoms with E-state index in [-0.39, 0.29) is 5.82 Å². The molecule has 27 heavy (non-hydrogen) atoms. The zero-order valence-electron chi connectivity index (χ0n) is 16.2. The van der Waals surface area contributed by atoms with Gasteiger partial charge in [0.2, 0.25) is 0 Å². The molecule has 0 atom stereocenters. The minimum Gasteiger partial charge on any atom is -0.375 e. The highest BCUT2D eigenvalue weighted by molar-refractivity contribution is 5.80. The van der Waals surface area contributed by atoms with E-state index in [4.69, 9.17) is 4.52 Å². The van der Waals surface area contributed by atoms with Crippen LogP contribution in [0.25, 0.3) is 0 Å². The van der Waals surface area contributed by atoms with Gasteiger partial charge in [0.1, 0.15) is 12.1 Å². The number of nitrogens with zero attached hydrogens (tertiary/aromatic N) is 5. The fraction of sp³-hybridized carbons (Fsp3) is 0.474. The smallest absolute Gasteiger partial charge is 0.194 e. The van der Waals surface area contributed by atoms with Crippen LogP contribution in [0.2, 0.25) is 0 Å². The SMILES string of the molecule is CN=C(NCc1ccc(N(C)C)c(F)c1)N1CCN(Cc2ccon2)CC1. The second-order valence-electron chi connectivity index (χ2n) is 6.83. The number of nitrogens with one attached hydrogen (secondary N) is 1. The van der Waals surface area contributed by atoms with Crippen LogP contribution in [-0.4, -0.2) is 68.2 Å². The van der Waals surface area contributed by atoms with Gasteiger partial charge < -0.3 is 19.6 Å². The molecule has 7 nitrogen and oxygen atoms in total. The van der Waals surface area contributed by atoms with Crippen molar-refractivity contribution in [2.45, 2.75) is 13.1 Å². The van der Waals surface area contributed by atoms with E-state index in [9.17, 15) is 4.39 Å². The van der Waals surface area contributed by atoms with Crippen LogP contribution in [0.1, 0.15) is 11.3 Å². The Morgan fingerprint density at radius 2 is 2.04 bits per heavy atom. The first kappa shape index (κ1) is 19.2. The monoisotopic (exact) mass is 374 g/mol. The molecular formula is C19H27FN6O. The van der Waals surface area contributed by atoms with Gasteiger partial charge in [-0.3, -0.25) is 9.89 Å². The highest BCUT2D eigenvalue weighted by atomic mass is 19.1. The van der Waals surface area contributed by atoms with Crippen molar-refractivity contribution in [1.82, 2.24) is 20.3 Å². The van der Waals surface area contributed by atoms with Gasteiger partial charge in [-0.15, -0.1) is 0 Å². The third-order valence-corrected chi connectivity index (χ3v) is 4.71. The number of rotatable bonds is 5. The summed E-state index contributed by atoms with van der Waals surface area (Å²) in [7, 11) is 5.45. The van der Waals surface area contributed by atoms with Gasteiger partial charge in [-0.2, -0.15) is 0 Å². The van der Waals surface area contributed by atoms with E-state index >= 15 is 0 Å². The Balaban J connectivity index is 1.50. The van der Waals surface area contributed by atoms with Crippen molar-refractivity contribution in [3.63, 3.8) is 0 Å². The molecule has 1 aliphatic rings. The molecule has 0 bridgehead atoms. The molecule has 0 saturated carbocycles. The maximum absolute atomic E-state index is 14.1. The topological polar surface area (TPSA) is 60.1 Å². The predicted molar refractivity (Wildman–Crippen MR) is 104 cm³/mol. The lowest BCUT2D eigenvalue weighted by Gasteiger charge is -2.36. The molecule has 0 radical (unpaired) electrons. The van der Waals surface area contributed by atoms with E-state index in [1.165, 1.54) is 0 Å². The molecule has 0 unspecified atom stereocenters. The zero-order chi connectivity index (χ0) is 19.2. The van der Waals surface area contributed by atoms with Crippen molar-refractivity contribution >= 4 is 11.6 Å². The van der Waals surface area contributed by atoms with E-state index in [0.29, 0.717) is 12.2 Å². The minimum absolute atomic E-state index is 0.212. The lowest BCUT2D eigenvalue weighted by molar-refractivity contribution is 0.169. The molecule has 0 aliphatic carbocycles. The van der Waals surface area contributed by atoms with E-state index < -0.39 is 0 Å². The molecule has 1 saturated heterocycles. The van der Waals surface area contributed by atoms with Crippen LogP contribution in [0.15, 0.2) is 40.0 Å². The fourth-order valence-corrected chi connectivity index (χ4v) is 3.20. The number of hydrogen-bond acceptors (Lipinski definition) is 5. The molecule has 0 spiro atoms. The van der Waals surface area contributed by atoms with Gasteiger partial charge in [0.25, 0.3) is 0 Å². The summed E-state index contributed by atoms with van der Waals surface area (Å²) in [5.41, 5.74) is 2.43.